The van der Waals surface area contributed by atoms with Crippen LogP contribution in [-0.4, -0.2) is 29.3 Å². The molecule has 2 atom stereocenters. The summed E-state index contributed by atoms with van der Waals surface area (Å²) in [6, 6.07) is 4.58. The van der Waals surface area contributed by atoms with E-state index in [2.05, 4.69) is 18.7 Å². The van der Waals surface area contributed by atoms with Gasteiger partial charge in [-0.1, -0.05) is 6.92 Å². The largest absolute Gasteiger partial charge is 0.461 e. The van der Waals surface area contributed by atoms with Gasteiger partial charge in [-0.05, 0) is 38.3 Å². The molecular formula is C13H19NO2. The minimum atomic E-state index is 0.0946. The lowest BCUT2D eigenvalue weighted by Crippen LogP contribution is -2.38. The third-order valence-electron chi connectivity index (χ3n) is 3.55. The molecule has 1 aliphatic rings. The standard InChI is InChI=1S/C13H19NO2/c1-3-11-7-6-10(2)14(11)9-12(15)13-5-4-8-16-13/h4-5,8,10-11H,3,6-7,9H2,1-2H3. The SMILES string of the molecule is CCC1CCC(C)N1CC(=O)c1ccco1. The second-order valence-corrected chi connectivity index (χ2v) is 4.56. The van der Waals surface area contributed by atoms with Crippen LogP contribution < -0.4 is 0 Å². The van der Waals surface area contributed by atoms with Crippen LogP contribution in [0.5, 0.6) is 0 Å². The quantitative estimate of drug-likeness (QED) is 0.733. The zero-order valence-corrected chi connectivity index (χ0v) is 9.98. The number of Topliss-reactive ketones (excluding diaryl/α,β-unsaturated/α-hetero) is 1. The van der Waals surface area contributed by atoms with Crippen LogP contribution in [0.1, 0.15) is 43.7 Å². The highest BCUT2D eigenvalue weighted by atomic mass is 16.3. The molecular weight excluding hydrogens is 202 g/mol. The monoisotopic (exact) mass is 221 g/mol. The fourth-order valence-electron chi connectivity index (χ4n) is 2.53. The van der Waals surface area contributed by atoms with Gasteiger partial charge in [-0.15, -0.1) is 0 Å². The van der Waals surface area contributed by atoms with Crippen LogP contribution in [0.3, 0.4) is 0 Å². The highest BCUT2D eigenvalue weighted by Gasteiger charge is 2.31. The Balaban J connectivity index is 2.00. The Kier molecular flexibility index (Phi) is 3.44. The second-order valence-electron chi connectivity index (χ2n) is 4.56. The summed E-state index contributed by atoms with van der Waals surface area (Å²) in [7, 11) is 0. The summed E-state index contributed by atoms with van der Waals surface area (Å²) in [6.45, 7) is 4.88. The number of furan rings is 1. The number of nitrogens with zero attached hydrogens (tertiary/aromatic N) is 1. The van der Waals surface area contributed by atoms with Crippen LogP contribution in [0.15, 0.2) is 22.8 Å². The highest BCUT2D eigenvalue weighted by molar-refractivity contribution is 5.95. The van der Waals surface area contributed by atoms with E-state index < -0.39 is 0 Å². The van der Waals surface area contributed by atoms with E-state index in [9.17, 15) is 4.79 Å². The van der Waals surface area contributed by atoms with Crippen LogP contribution in [-0.2, 0) is 0 Å². The summed E-state index contributed by atoms with van der Waals surface area (Å²) in [6.07, 6.45) is 5.08. The van der Waals surface area contributed by atoms with Crippen molar-refractivity contribution < 1.29 is 9.21 Å². The van der Waals surface area contributed by atoms with E-state index in [4.69, 9.17) is 4.42 Å². The van der Waals surface area contributed by atoms with Gasteiger partial charge in [0.15, 0.2) is 5.76 Å². The molecule has 1 aliphatic heterocycles. The van der Waals surface area contributed by atoms with E-state index in [0.29, 0.717) is 24.4 Å². The molecule has 0 spiro atoms. The van der Waals surface area contributed by atoms with Crippen molar-refractivity contribution in [2.75, 3.05) is 6.54 Å². The fraction of sp³-hybridized carbons (Fsp3) is 0.615. The maximum absolute atomic E-state index is 11.9. The van der Waals surface area contributed by atoms with E-state index >= 15 is 0 Å². The Morgan fingerprint density at radius 3 is 3.00 bits per heavy atom. The molecule has 3 nitrogen and oxygen atoms in total. The fourth-order valence-corrected chi connectivity index (χ4v) is 2.53. The molecule has 88 valence electrons. The number of hydrogen-bond donors (Lipinski definition) is 0. The molecule has 1 aromatic heterocycles. The van der Waals surface area contributed by atoms with E-state index in [1.807, 2.05) is 0 Å². The van der Waals surface area contributed by atoms with E-state index in [0.717, 1.165) is 6.42 Å². The summed E-state index contributed by atoms with van der Waals surface area (Å²) in [5, 5.41) is 0. The van der Waals surface area contributed by atoms with Gasteiger partial charge >= 0.3 is 0 Å². The topological polar surface area (TPSA) is 33.5 Å². The Hall–Kier alpha value is -1.09. The van der Waals surface area contributed by atoms with Crippen LogP contribution in [0.2, 0.25) is 0 Å². The van der Waals surface area contributed by atoms with Crippen molar-refractivity contribution in [1.29, 1.82) is 0 Å². The van der Waals surface area contributed by atoms with Crippen molar-refractivity contribution in [3.05, 3.63) is 24.2 Å². The molecule has 1 aromatic rings. The molecule has 0 bridgehead atoms. The highest BCUT2D eigenvalue weighted by Crippen LogP contribution is 2.25. The Morgan fingerprint density at radius 2 is 2.38 bits per heavy atom. The zero-order chi connectivity index (χ0) is 11.5. The van der Waals surface area contributed by atoms with Gasteiger partial charge in [0.05, 0.1) is 12.8 Å². The third kappa shape index (κ3) is 2.19. The molecule has 16 heavy (non-hydrogen) atoms. The van der Waals surface area contributed by atoms with E-state index in [-0.39, 0.29) is 5.78 Å². The molecule has 0 aromatic carbocycles. The minimum Gasteiger partial charge on any atom is -0.461 e. The molecule has 2 unspecified atom stereocenters. The number of carbonyl (C=O) groups excluding carboxylic acids is 1. The van der Waals surface area contributed by atoms with Crippen molar-refractivity contribution in [3.63, 3.8) is 0 Å². The summed E-state index contributed by atoms with van der Waals surface area (Å²) in [4.78, 5) is 14.2. The molecule has 1 saturated heterocycles. The van der Waals surface area contributed by atoms with Gasteiger partial charge in [0.2, 0.25) is 5.78 Å². The molecule has 0 radical (unpaired) electrons. The Bertz CT molecular complexity index is 345. The van der Waals surface area contributed by atoms with Gasteiger partial charge in [0.1, 0.15) is 0 Å². The van der Waals surface area contributed by atoms with Gasteiger partial charge in [-0.3, -0.25) is 9.69 Å². The molecule has 0 N–H and O–H groups in total. The lowest BCUT2D eigenvalue weighted by molar-refractivity contribution is 0.0862. The Labute approximate surface area is 96.4 Å². The summed E-state index contributed by atoms with van der Waals surface area (Å²) < 4.78 is 5.13. The van der Waals surface area contributed by atoms with Gasteiger partial charge in [0.25, 0.3) is 0 Å². The molecule has 2 heterocycles. The zero-order valence-electron chi connectivity index (χ0n) is 9.98. The second kappa shape index (κ2) is 4.83. The molecule has 0 amide bonds. The number of carbonyl (C=O) groups is 1. The normalized spacial score (nSPS) is 26.1. The van der Waals surface area contributed by atoms with Crippen molar-refractivity contribution in [1.82, 2.24) is 4.90 Å². The Morgan fingerprint density at radius 1 is 1.56 bits per heavy atom. The van der Waals surface area contributed by atoms with Gasteiger partial charge < -0.3 is 4.42 Å². The first-order valence-electron chi connectivity index (χ1n) is 6.04. The van der Waals surface area contributed by atoms with Gasteiger partial charge in [0, 0.05) is 12.1 Å². The molecule has 3 heteroatoms. The lowest BCUT2D eigenvalue weighted by atomic mass is 10.1. The van der Waals surface area contributed by atoms with E-state index in [1.165, 1.54) is 12.8 Å². The molecule has 0 aliphatic carbocycles. The van der Waals surface area contributed by atoms with Crippen LogP contribution >= 0.6 is 0 Å². The average Bonchev–Trinajstić information content (AvgIpc) is 2.89. The maximum atomic E-state index is 11.9. The predicted octanol–water partition coefficient (Wildman–Crippen LogP) is 2.73. The molecule has 1 fully saturated rings. The maximum Gasteiger partial charge on any atom is 0.211 e. The lowest BCUT2D eigenvalue weighted by Gasteiger charge is -2.26. The number of likely N-dealkylation sites (tertiary alicyclic amines) is 1. The first-order chi connectivity index (χ1) is 7.72. The first-order valence-corrected chi connectivity index (χ1v) is 6.04. The summed E-state index contributed by atoms with van der Waals surface area (Å²) in [5.74, 6) is 0.575. The minimum absolute atomic E-state index is 0.0946. The first kappa shape index (κ1) is 11.4. The number of rotatable bonds is 4. The van der Waals surface area contributed by atoms with Crippen LogP contribution in [0.4, 0.5) is 0 Å². The third-order valence-corrected chi connectivity index (χ3v) is 3.55. The van der Waals surface area contributed by atoms with Crippen molar-refractivity contribution in [2.24, 2.45) is 0 Å². The molecule has 0 saturated carbocycles. The smallest absolute Gasteiger partial charge is 0.211 e. The predicted molar refractivity (Wildman–Crippen MR) is 62.5 cm³/mol. The van der Waals surface area contributed by atoms with Crippen molar-refractivity contribution >= 4 is 5.78 Å². The number of ketones is 1. The molecule has 2 rings (SSSR count). The van der Waals surface area contributed by atoms with Gasteiger partial charge in [-0.25, -0.2) is 0 Å². The van der Waals surface area contributed by atoms with Crippen LogP contribution in [0.25, 0.3) is 0 Å². The van der Waals surface area contributed by atoms with Gasteiger partial charge in [-0.2, -0.15) is 0 Å². The van der Waals surface area contributed by atoms with Crippen LogP contribution in [0, 0.1) is 0 Å². The van der Waals surface area contributed by atoms with Crippen molar-refractivity contribution in [3.8, 4) is 0 Å². The summed E-state index contributed by atoms with van der Waals surface area (Å²) in [5.41, 5.74) is 0. The van der Waals surface area contributed by atoms with Crippen molar-refractivity contribution in [2.45, 2.75) is 45.2 Å². The average molecular weight is 221 g/mol. The van der Waals surface area contributed by atoms with E-state index in [1.54, 1.807) is 18.4 Å². The number of hydrogen-bond acceptors (Lipinski definition) is 3. The summed E-state index contributed by atoms with van der Waals surface area (Å²) >= 11 is 0.